The predicted molar refractivity (Wildman–Crippen MR) is 84.2 cm³/mol. The first-order valence-electron chi connectivity index (χ1n) is 8.41. The van der Waals surface area contributed by atoms with Crippen LogP contribution in [0.3, 0.4) is 0 Å². The highest BCUT2D eigenvalue weighted by Crippen LogP contribution is 2.19. The molecule has 0 spiro atoms. The zero-order chi connectivity index (χ0) is 14.7. The molecule has 1 saturated heterocycles. The van der Waals surface area contributed by atoms with Crippen molar-refractivity contribution < 1.29 is 9.69 Å². The van der Waals surface area contributed by atoms with Crippen LogP contribution in [0.15, 0.2) is 30.3 Å². The maximum absolute atomic E-state index is 12.1. The van der Waals surface area contributed by atoms with Crippen molar-refractivity contribution >= 4 is 5.91 Å². The number of hydrogen-bond donors (Lipinski definition) is 2. The van der Waals surface area contributed by atoms with Gasteiger partial charge in [0.25, 0.3) is 5.91 Å². The molecule has 1 aliphatic heterocycles. The summed E-state index contributed by atoms with van der Waals surface area (Å²) < 4.78 is 0. The van der Waals surface area contributed by atoms with E-state index in [-0.39, 0.29) is 11.9 Å². The summed E-state index contributed by atoms with van der Waals surface area (Å²) in [6.07, 6.45) is 6.02. The largest absolute Gasteiger partial charge is 0.348 e. The zero-order valence-electron chi connectivity index (χ0n) is 13.0. The number of benzene rings is 1. The first kappa shape index (κ1) is 14.6. The molecule has 3 nitrogen and oxygen atoms in total. The Balaban J connectivity index is 1.44. The van der Waals surface area contributed by atoms with Gasteiger partial charge >= 0.3 is 0 Å². The lowest BCUT2D eigenvalue weighted by Crippen LogP contribution is -3.17. The van der Waals surface area contributed by atoms with Gasteiger partial charge in [0.05, 0.1) is 13.1 Å². The number of hydrogen-bond acceptors (Lipinski definition) is 1. The van der Waals surface area contributed by atoms with Crippen molar-refractivity contribution in [2.24, 2.45) is 5.92 Å². The Morgan fingerprint density at radius 3 is 2.48 bits per heavy atom. The van der Waals surface area contributed by atoms with Crippen LogP contribution in [0.25, 0.3) is 0 Å². The average Bonchev–Trinajstić information content (AvgIpc) is 3.32. The summed E-state index contributed by atoms with van der Waals surface area (Å²) >= 11 is 0. The Hall–Kier alpha value is -1.35. The minimum absolute atomic E-state index is 0.114. The molecule has 1 aliphatic carbocycles. The van der Waals surface area contributed by atoms with Crippen molar-refractivity contribution in [2.45, 2.75) is 51.1 Å². The Morgan fingerprint density at radius 1 is 1.19 bits per heavy atom. The summed E-state index contributed by atoms with van der Waals surface area (Å²) in [4.78, 5) is 13.6. The normalized spacial score (nSPS) is 27.1. The smallest absolute Gasteiger partial charge is 0.278 e. The minimum Gasteiger partial charge on any atom is -0.348 e. The fourth-order valence-electron chi connectivity index (χ4n) is 3.37. The summed E-state index contributed by atoms with van der Waals surface area (Å²) in [6, 6.07) is 11.4. The van der Waals surface area contributed by atoms with Crippen LogP contribution >= 0.6 is 0 Å². The second kappa shape index (κ2) is 6.61. The second-order valence-electron chi connectivity index (χ2n) is 6.80. The summed E-state index contributed by atoms with van der Waals surface area (Å²) in [6.45, 7) is 4.36. The lowest BCUT2D eigenvalue weighted by Gasteiger charge is -2.32. The van der Waals surface area contributed by atoms with Crippen molar-refractivity contribution in [3.8, 4) is 0 Å². The average molecular weight is 287 g/mol. The third-order valence-corrected chi connectivity index (χ3v) is 5.04. The molecule has 1 amide bonds. The van der Waals surface area contributed by atoms with Crippen LogP contribution in [-0.2, 0) is 11.2 Å². The van der Waals surface area contributed by atoms with Crippen LogP contribution in [-0.4, -0.2) is 31.1 Å². The summed E-state index contributed by atoms with van der Waals surface area (Å²) in [5.74, 6) is 1.05. The van der Waals surface area contributed by atoms with E-state index in [0.717, 1.165) is 19.0 Å². The Kier molecular flexibility index (Phi) is 4.59. The van der Waals surface area contributed by atoms with Crippen LogP contribution in [0, 0.1) is 5.92 Å². The van der Waals surface area contributed by atoms with Crippen molar-refractivity contribution in [3.05, 3.63) is 35.9 Å². The molecule has 2 N–H and O–H groups in total. The number of nitrogens with one attached hydrogen (secondary N) is 2. The number of rotatable bonds is 5. The van der Waals surface area contributed by atoms with Crippen LogP contribution in [0.2, 0.25) is 0 Å². The minimum atomic E-state index is 0.114. The van der Waals surface area contributed by atoms with Crippen LogP contribution in [0.1, 0.15) is 38.2 Å². The monoisotopic (exact) mass is 287 g/mol. The highest BCUT2D eigenvalue weighted by molar-refractivity contribution is 5.80. The van der Waals surface area contributed by atoms with E-state index >= 15 is 0 Å². The maximum Gasteiger partial charge on any atom is 0.278 e. The first-order valence-corrected chi connectivity index (χ1v) is 8.41. The summed E-state index contributed by atoms with van der Waals surface area (Å²) in [5.41, 5.74) is 1.45. The fourth-order valence-corrected chi connectivity index (χ4v) is 3.37. The first-order chi connectivity index (χ1) is 10.2. The number of amides is 1. The standard InChI is InChI=1S/C18H26N2O/c1-14(18(21)19-17-7-8-17)20-11-9-16(10-12-20)13-15-5-3-2-4-6-15/h2-6,14,16-17H,7-13H2,1H3,(H,19,21)/p+1/t14-/m1/s1. The molecule has 1 saturated carbocycles. The van der Waals surface area contributed by atoms with E-state index in [1.165, 1.54) is 42.6 Å². The number of quaternary nitrogens is 1. The molecule has 1 aromatic rings. The van der Waals surface area contributed by atoms with E-state index < -0.39 is 0 Å². The highest BCUT2D eigenvalue weighted by Gasteiger charge is 2.33. The van der Waals surface area contributed by atoms with E-state index in [9.17, 15) is 4.79 Å². The van der Waals surface area contributed by atoms with Gasteiger partial charge in [-0.15, -0.1) is 0 Å². The van der Waals surface area contributed by atoms with Gasteiger partial charge in [-0.1, -0.05) is 30.3 Å². The third kappa shape index (κ3) is 4.07. The lowest BCUT2D eigenvalue weighted by atomic mass is 9.89. The van der Waals surface area contributed by atoms with Gasteiger partial charge in [0, 0.05) is 6.04 Å². The van der Waals surface area contributed by atoms with E-state index in [2.05, 4.69) is 42.6 Å². The Bertz CT molecular complexity index is 461. The molecule has 1 heterocycles. The molecule has 1 aromatic carbocycles. The topological polar surface area (TPSA) is 33.5 Å². The number of carbonyl (C=O) groups is 1. The predicted octanol–water partition coefficient (Wildman–Crippen LogP) is 1.19. The van der Waals surface area contributed by atoms with Crippen LogP contribution in [0.4, 0.5) is 0 Å². The van der Waals surface area contributed by atoms with E-state index in [4.69, 9.17) is 0 Å². The van der Waals surface area contributed by atoms with Crippen molar-refractivity contribution in [1.82, 2.24) is 5.32 Å². The van der Waals surface area contributed by atoms with Gasteiger partial charge in [-0.05, 0) is 50.5 Å². The number of carbonyl (C=O) groups excluding carboxylic acids is 1. The van der Waals surface area contributed by atoms with E-state index in [0.29, 0.717) is 6.04 Å². The van der Waals surface area contributed by atoms with E-state index in [1.54, 1.807) is 0 Å². The zero-order valence-corrected chi connectivity index (χ0v) is 13.0. The summed E-state index contributed by atoms with van der Waals surface area (Å²) in [7, 11) is 0. The van der Waals surface area contributed by atoms with Gasteiger partial charge in [0.1, 0.15) is 0 Å². The molecule has 21 heavy (non-hydrogen) atoms. The molecule has 0 unspecified atom stereocenters. The second-order valence-corrected chi connectivity index (χ2v) is 6.80. The van der Waals surface area contributed by atoms with Crippen molar-refractivity contribution in [2.75, 3.05) is 13.1 Å². The van der Waals surface area contributed by atoms with Crippen molar-refractivity contribution in [3.63, 3.8) is 0 Å². The third-order valence-electron chi connectivity index (χ3n) is 5.04. The van der Waals surface area contributed by atoms with Gasteiger partial charge in [0.15, 0.2) is 6.04 Å². The molecule has 3 rings (SSSR count). The summed E-state index contributed by atoms with van der Waals surface area (Å²) in [5, 5.41) is 3.14. The quantitative estimate of drug-likeness (QED) is 0.838. The van der Waals surface area contributed by atoms with Crippen molar-refractivity contribution in [1.29, 1.82) is 0 Å². The SMILES string of the molecule is C[C@H](C(=O)NC1CC1)[NH+]1CCC(Cc2ccccc2)CC1. The molecule has 1 atom stereocenters. The van der Waals surface area contributed by atoms with Crippen LogP contribution in [0.5, 0.6) is 0 Å². The molecule has 3 heteroatoms. The molecule has 0 radical (unpaired) electrons. The molecule has 0 bridgehead atoms. The Labute approximate surface area is 127 Å². The van der Waals surface area contributed by atoms with Gasteiger partial charge in [-0.25, -0.2) is 0 Å². The molecular weight excluding hydrogens is 260 g/mol. The number of piperidine rings is 1. The molecular formula is C18H27N2O+. The van der Waals surface area contributed by atoms with Gasteiger partial charge in [-0.2, -0.15) is 0 Å². The van der Waals surface area contributed by atoms with Gasteiger partial charge < -0.3 is 10.2 Å². The molecule has 114 valence electrons. The highest BCUT2D eigenvalue weighted by atomic mass is 16.2. The fraction of sp³-hybridized carbons (Fsp3) is 0.611. The van der Waals surface area contributed by atoms with Crippen LogP contribution < -0.4 is 10.2 Å². The Morgan fingerprint density at radius 2 is 1.86 bits per heavy atom. The molecule has 2 aliphatic rings. The van der Waals surface area contributed by atoms with E-state index in [1.807, 2.05) is 0 Å². The number of likely N-dealkylation sites (tertiary alicyclic amines) is 1. The van der Waals surface area contributed by atoms with Gasteiger partial charge in [0.2, 0.25) is 0 Å². The van der Waals surface area contributed by atoms with Gasteiger partial charge in [-0.3, -0.25) is 4.79 Å². The molecule has 2 fully saturated rings. The molecule has 0 aromatic heterocycles. The lowest BCUT2D eigenvalue weighted by molar-refractivity contribution is -0.920. The maximum atomic E-state index is 12.1.